The van der Waals surface area contributed by atoms with Crippen molar-refractivity contribution in [3.8, 4) is 11.1 Å². The summed E-state index contributed by atoms with van der Waals surface area (Å²) >= 11 is 0. The number of amides is 1. The number of nitrogens with zero attached hydrogens (tertiary/aromatic N) is 1. The number of primary amides is 1. The predicted octanol–water partition coefficient (Wildman–Crippen LogP) is 2.82. The molecular weight excluding hydrogens is 276 g/mol. The van der Waals surface area contributed by atoms with Crippen molar-refractivity contribution in [2.75, 3.05) is 6.61 Å². The molecule has 0 unspecified atom stereocenters. The Balaban J connectivity index is 2.69. The summed E-state index contributed by atoms with van der Waals surface area (Å²) in [6.07, 6.45) is 1.47. The zero-order valence-electron chi connectivity index (χ0n) is 13.5. The molecule has 4 heteroatoms. The quantitative estimate of drug-likeness (QED) is 0.861. The van der Waals surface area contributed by atoms with Crippen LogP contribution in [0, 0.1) is 13.8 Å². The lowest BCUT2D eigenvalue weighted by molar-refractivity contribution is 0.1000. The van der Waals surface area contributed by atoms with Gasteiger partial charge in [0.25, 0.3) is 5.91 Å². The fraction of sp³-hybridized carbons (Fsp3) is 0.389. The van der Waals surface area contributed by atoms with E-state index in [0.717, 1.165) is 28.9 Å². The number of aliphatic hydroxyl groups is 1. The number of hydrogen-bond acceptors (Lipinski definition) is 2. The van der Waals surface area contributed by atoms with Gasteiger partial charge in [-0.15, -0.1) is 0 Å². The van der Waals surface area contributed by atoms with Gasteiger partial charge in [0, 0.05) is 30.1 Å². The molecule has 0 bridgehead atoms. The van der Waals surface area contributed by atoms with Crippen LogP contribution < -0.4 is 5.73 Å². The molecule has 0 spiro atoms. The smallest absolute Gasteiger partial charge is 0.251 e. The molecule has 0 fully saturated rings. The maximum absolute atomic E-state index is 12.0. The average Bonchev–Trinajstić information content (AvgIpc) is 2.78. The van der Waals surface area contributed by atoms with Gasteiger partial charge in [0.15, 0.2) is 0 Å². The first-order chi connectivity index (χ1) is 10.5. The van der Waals surface area contributed by atoms with E-state index >= 15 is 0 Å². The number of aliphatic hydroxyl groups excluding tert-OH is 1. The van der Waals surface area contributed by atoms with Crippen molar-refractivity contribution in [2.45, 2.75) is 40.2 Å². The lowest BCUT2D eigenvalue weighted by Gasteiger charge is -2.11. The van der Waals surface area contributed by atoms with Gasteiger partial charge in [-0.2, -0.15) is 0 Å². The minimum Gasteiger partial charge on any atom is -0.396 e. The number of rotatable bonds is 6. The summed E-state index contributed by atoms with van der Waals surface area (Å²) in [5.41, 5.74) is 11.4. The molecule has 0 radical (unpaired) electrons. The molecule has 1 amide bonds. The number of carbonyl (C=O) groups excluding carboxylic acids is 1. The highest BCUT2D eigenvalue weighted by atomic mass is 16.3. The van der Waals surface area contributed by atoms with Crippen molar-refractivity contribution in [3.63, 3.8) is 0 Å². The molecule has 0 aliphatic rings. The molecule has 1 heterocycles. The van der Waals surface area contributed by atoms with Crippen molar-refractivity contribution < 1.29 is 9.90 Å². The number of aryl methyl sites for hydroxylation is 1. The van der Waals surface area contributed by atoms with Gasteiger partial charge in [-0.25, -0.2) is 0 Å². The van der Waals surface area contributed by atoms with Gasteiger partial charge >= 0.3 is 0 Å². The molecule has 2 rings (SSSR count). The Bertz CT molecular complexity index is 669. The minimum atomic E-state index is -0.398. The summed E-state index contributed by atoms with van der Waals surface area (Å²) in [6.45, 7) is 6.86. The molecule has 22 heavy (non-hydrogen) atoms. The number of benzene rings is 1. The number of carbonyl (C=O) groups is 1. The number of nitrogens with two attached hydrogens (primary N) is 1. The molecule has 0 aliphatic heterocycles. The average molecular weight is 300 g/mol. The molecule has 0 saturated heterocycles. The van der Waals surface area contributed by atoms with Crippen LogP contribution in [0.1, 0.15) is 40.7 Å². The fourth-order valence-electron chi connectivity index (χ4n) is 3.03. The first-order valence-electron chi connectivity index (χ1n) is 7.70. The van der Waals surface area contributed by atoms with E-state index in [9.17, 15) is 4.79 Å². The zero-order valence-corrected chi connectivity index (χ0v) is 13.5. The van der Waals surface area contributed by atoms with Gasteiger partial charge in [-0.05, 0) is 32.3 Å². The van der Waals surface area contributed by atoms with Crippen LogP contribution in [0.2, 0.25) is 0 Å². The van der Waals surface area contributed by atoms with E-state index in [2.05, 4.69) is 11.5 Å². The van der Waals surface area contributed by atoms with E-state index in [1.807, 2.05) is 38.1 Å². The molecule has 0 saturated carbocycles. The number of aromatic nitrogens is 1. The van der Waals surface area contributed by atoms with Crippen LogP contribution in [-0.4, -0.2) is 22.2 Å². The molecule has 0 aliphatic carbocycles. The third-order valence-corrected chi connectivity index (χ3v) is 4.09. The second-order valence-electron chi connectivity index (χ2n) is 5.59. The van der Waals surface area contributed by atoms with Crippen LogP contribution in [0.15, 0.2) is 24.3 Å². The highest BCUT2D eigenvalue weighted by Gasteiger charge is 2.23. The van der Waals surface area contributed by atoms with Gasteiger partial charge in [0.1, 0.15) is 0 Å². The van der Waals surface area contributed by atoms with Crippen molar-refractivity contribution >= 4 is 5.91 Å². The zero-order chi connectivity index (χ0) is 16.3. The summed E-state index contributed by atoms with van der Waals surface area (Å²) in [5, 5.41) is 9.11. The highest BCUT2D eigenvalue weighted by Crippen LogP contribution is 2.33. The van der Waals surface area contributed by atoms with Crippen LogP contribution >= 0.6 is 0 Å². The summed E-state index contributed by atoms with van der Waals surface area (Å²) in [5.74, 6) is -0.398. The van der Waals surface area contributed by atoms with Crippen LogP contribution in [0.4, 0.5) is 0 Å². The lowest BCUT2D eigenvalue weighted by atomic mass is 9.98. The maximum Gasteiger partial charge on any atom is 0.251 e. The largest absolute Gasteiger partial charge is 0.396 e. The Hall–Kier alpha value is -2.07. The summed E-state index contributed by atoms with van der Waals surface area (Å²) in [4.78, 5) is 12.0. The van der Waals surface area contributed by atoms with Gasteiger partial charge in [0.05, 0.1) is 5.56 Å². The molecule has 1 aromatic carbocycles. The standard InChI is InChI=1S/C18H24N2O2/c1-4-15-17(14-8-6-12(2)7-9-14)16(18(19)22)13(3)20(15)10-5-11-21/h6-9,21H,4-5,10-11H2,1-3H3,(H2,19,22). The first kappa shape index (κ1) is 16.3. The Labute approximate surface area is 131 Å². The van der Waals surface area contributed by atoms with E-state index in [4.69, 9.17) is 10.8 Å². The molecule has 2 aromatic rings. The van der Waals surface area contributed by atoms with E-state index in [-0.39, 0.29) is 6.61 Å². The summed E-state index contributed by atoms with van der Waals surface area (Å²) in [7, 11) is 0. The Morgan fingerprint density at radius 1 is 1.23 bits per heavy atom. The van der Waals surface area contributed by atoms with E-state index in [0.29, 0.717) is 18.5 Å². The lowest BCUT2D eigenvalue weighted by Crippen LogP contribution is -2.13. The number of hydrogen-bond donors (Lipinski definition) is 2. The molecule has 0 atom stereocenters. The third kappa shape index (κ3) is 2.92. The Morgan fingerprint density at radius 3 is 2.36 bits per heavy atom. The monoisotopic (exact) mass is 300 g/mol. The predicted molar refractivity (Wildman–Crippen MR) is 88.9 cm³/mol. The van der Waals surface area contributed by atoms with Gasteiger partial charge in [-0.1, -0.05) is 36.8 Å². The molecule has 3 N–H and O–H groups in total. The maximum atomic E-state index is 12.0. The summed E-state index contributed by atoms with van der Waals surface area (Å²) < 4.78 is 2.12. The Morgan fingerprint density at radius 2 is 1.86 bits per heavy atom. The van der Waals surface area contributed by atoms with E-state index in [1.165, 1.54) is 5.56 Å². The second kappa shape index (κ2) is 6.79. The van der Waals surface area contributed by atoms with Crippen LogP contribution in [0.5, 0.6) is 0 Å². The molecular formula is C18H24N2O2. The van der Waals surface area contributed by atoms with Crippen molar-refractivity contribution in [2.24, 2.45) is 5.73 Å². The van der Waals surface area contributed by atoms with Crippen molar-refractivity contribution in [3.05, 3.63) is 46.8 Å². The fourth-order valence-corrected chi connectivity index (χ4v) is 3.03. The molecule has 1 aromatic heterocycles. The minimum absolute atomic E-state index is 0.131. The normalized spacial score (nSPS) is 10.9. The molecule has 4 nitrogen and oxygen atoms in total. The van der Waals surface area contributed by atoms with Gasteiger partial charge < -0.3 is 15.4 Å². The molecule has 118 valence electrons. The van der Waals surface area contributed by atoms with Gasteiger partial charge in [0.2, 0.25) is 0 Å². The van der Waals surface area contributed by atoms with Crippen LogP contribution in [0.25, 0.3) is 11.1 Å². The highest BCUT2D eigenvalue weighted by molar-refractivity contribution is 6.02. The second-order valence-corrected chi connectivity index (χ2v) is 5.59. The topological polar surface area (TPSA) is 68.2 Å². The summed E-state index contributed by atoms with van der Waals surface area (Å²) in [6, 6.07) is 8.15. The van der Waals surface area contributed by atoms with Gasteiger partial charge in [-0.3, -0.25) is 4.79 Å². The van der Waals surface area contributed by atoms with Crippen LogP contribution in [0.3, 0.4) is 0 Å². The Kier molecular flexibility index (Phi) is 5.03. The van der Waals surface area contributed by atoms with E-state index < -0.39 is 5.91 Å². The van der Waals surface area contributed by atoms with Crippen molar-refractivity contribution in [1.29, 1.82) is 0 Å². The third-order valence-electron chi connectivity index (χ3n) is 4.09. The first-order valence-corrected chi connectivity index (χ1v) is 7.70. The SMILES string of the molecule is CCc1c(-c2ccc(C)cc2)c(C(N)=O)c(C)n1CCCO. The van der Waals surface area contributed by atoms with Crippen LogP contribution in [-0.2, 0) is 13.0 Å². The van der Waals surface area contributed by atoms with Crippen molar-refractivity contribution in [1.82, 2.24) is 4.57 Å². The van der Waals surface area contributed by atoms with E-state index in [1.54, 1.807) is 0 Å².